The molecule has 84 valence electrons. The van der Waals surface area contributed by atoms with E-state index in [2.05, 4.69) is 4.40 Å². The van der Waals surface area contributed by atoms with Crippen molar-refractivity contribution in [3.63, 3.8) is 0 Å². The highest BCUT2D eigenvalue weighted by molar-refractivity contribution is 7.91. The van der Waals surface area contributed by atoms with Crippen LogP contribution in [0, 0.1) is 16.7 Å². The molecular formula is C12H19NOS. The molecule has 3 aliphatic carbocycles. The van der Waals surface area contributed by atoms with E-state index < -0.39 is 11.4 Å². The summed E-state index contributed by atoms with van der Waals surface area (Å²) in [4.78, 5) is 0. The quantitative estimate of drug-likeness (QED) is 0.525. The molecule has 3 aliphatic rings. The lowest BCUT2D eigenvalue weighted by Crippen LogP contribution is -2.25. The molecule has 0 aromatic carbocycles. The second kappa shape index (κ2) is 2.62. The molecule has 1 atom stereocenters. The van der Waals surface area contributed by atoms with Crippen molar-refractivity contribution in [2.75, 3.05) is 0 Å². The second-order valence-electron chi connectivity index (χ2n) is 6.41. The van der Waals surface area contributed by atoms with E-state index in [1.54, 1.807) is 0 Å². The minimum Gasteiger partial charge on any atom is -0.591 e. The van der Waals surface area contributed by atoms with Gasteiger partial charge >= 0.3 is 0 Å². The van der Waals surface area contributed by atoms with E-state index in [1.807, 2.05) is 27.0 Å². The molecule has 2 spiro atoms. The van der Waals surface area contributed by atoms with Crippen LogP contribution in [0.4, 0.5) is 0 Å². The van der Waals surface area contributed by atoms with Gasteiger partial charge in [0, 0.05) is 5.92 Å². The Balaban J connectivity index is 1.65. The molecule has 0 radical (unpaired) electrons. The van der Waals surface area contributed by atoms with E-state index in [4.69, 9.17) is 0 Å². The van der Waals surface area contributed by atoms with Crippen LogP contribution < -0.4 is 0 Å². The zero-order valence-electron chi connectivity index (χ0n) is 9.75. The van der Waals surface area contributed by atoms with Gasteiger partial charge in [0.2, 0.25) is 0 Å². The van der Waals surface area contributed by atoms with E-state index in [-0.39, 0.29) is 4.75 Å². The van der Waals surface area contributed by atoms with Crippen LogP contribution in [0.1, 0.15) is 46.5 Å². The molecule has 3 fully saturated rings. The summed E-state index contributed by atoms with van der Waals surface area (Å²) >= 11 is -1.06. The molecule has 0 N–H and O–H groups in total. The van der Waals surface area contributed by atoms with Crippen LogP contribution in [0.15, 0.2) is 4.40 Å². The Bertz CT molecular complexity index is 305. The maximum absolute atomic E-state index is 11.8. The highest BCUT2D eigenvalue weighted by Crippen LogP contribution is 2.91. The van der Waals surface area contributed by atoms with Crippen LogP contribution in [-0.4, -0.2) is 15.5 Å². The molecule has 0 aromatic rings. The molecule has 2 nitrogen and oxygen atoms in total. The van der Waals surface area contributed by atoms with Crippen molar-refractivity contribution in [1.29, 1.82) is 0 Å². The Morgan fingerprint density at radius 3 is 2.00 bits per heavy atom. The fraction of sp³-hybridized carbons (Fsp3) is 0.917. The van der Waals surface area contributed by atoms with Gasteiger partial charge in [-0.3, -0.25) is 0 Å². The van der Waals surface area contributed by atoms with Crippen molar-refractivity contribution in [3.05, 3.63) is 0 Å². The van der Waals surface area contributed by atoms with Gasteiger partial charge in [0.05, 0.1) is 6.21 Å². The maximum Gasteiger partial charge on any atom is 0.144 e. The Hall–Kier alpha value is -0.0200. The predicted molar refractivity (Wildman–Crippen MR) is 63.2 cm³/mol. The SMILES string of the molecule is CC(C)(C)[S+]([O-])N=CC1C2(CC2)C12CC2. The molecule has 0 heterocycles. The number of rotatable bonds is 2. The minimum absolute atomic E-state index is 0.210. The Labute approximate surface area is 94.9 Å². The summed E-state index contributed by atoms with van der Waals surface area (Å²) in [7, 11) is 0. The van der Waals surface area contributed by atoms with Gasteiger partial charge in [0.15, 0.2) is 0 Å². The van der Waals surface area contributed by atoms with Gasteiger partial charge in [-0.15, -0.1) is 0 Å². The molecule has 0 saturated heterocycles. The monoisotopic (exact) mass is 225 g/mol. The normalized spacial score (nSPS) is 36.1. The topological polar surface area (TPSA) is 35.4 Å². The van der Waals surface area contributed by atoms with Crippen molar-refractivity contribution in [2.45, 2.75) is 51.2 Å². The third-order valence-corrected chi connectivity index (χ3v) is 5.87. The van der Waals surface area contributed by atoms with Gasteiger partial charge < -0.3 is 4.55 Å². The first-order valence-electron chi connectivity index (χ1n) is 5.89. The summed E-state index contributed by atoms with van der Waals surface area (Å²) in [6.45, 7) is 5.94. The van der Waals surface area contributed by atoms with Crippen LogP contribution in [0.5, 0.6) is 0 Å². The fourth-order valence-corrected chi connectivity index (χ4v) is 3.77. The van der Waals surface area contributed by atoms with Gasteiger partial charge in [0.25, 0.3) is 0 Å². The Morgan fingerprint density at radius 2 is 1.67 bits per heavy atom. The van der Waals surface area contributed by atoms with Crippen LogP contribution in [0.2, 0.25) is 0 Å². The fourth-order valence-electron chi connectivity index (χ4n) is 3.22. The minimum atomic E-state index is -1.06. The summed E-state index contributed by atoms with van der Waals surface area (Å²) in [6.07, 6.45) is 7.61. The third-order valence-electron chi connectivity index (χ3n) is 4.51. The molecule has 15 heavy (non-hydrogen) atoms. The summed E-state index contributed by atoms with van der Waals surface area (Å²) < 4.78 is 15.8. The molecule has 0 amide bonds. The summed E-state index contributed by atoms with van der Waals surface area (Å²) in [5, 5.41) is 0. The first kappa shape index (κ1) is 10.2. The Morgan fingerprint density at radius 1 is 1.20 bits per heavy atom. The highest BCUT2D eigenvalue weighted by atomic mass is 32.2. The van der Waals surface area contributed by atoms with Crippen LogP contribution in [-0.2, 0) is 11.4 Å². The summed E-state index contributed by atoms with van der Waals surface area (Å²) in [6, 6.07) is 0. The number of hydrogen-bond donors (Lipinski definition) is 0. The maximum atomic E-state index is 11.8. The van der Waals surface area contributed by atoms with E-state index >= 15 is 0 Å². The zero-order valence-corrected chi connectivity index (χ0v) is 10.6. The molecule has 3 heteroatoms. The Kier molecular flexibility index (Phi) is 1.77. The largest absolute Gasteiger partial charge is 0.591 e. The smallest absolute Gasteiger partial charge is 0.144 e. The molecule has 0 aliphatic heterocycles. The van der Waals surface area contributed by atoms with E-state index in [0.29, 0.717) is 16.7 Å². The number of nitrogens with zero attached hydrogens (tertiary/aromatic N) is 1. The average molecular weight is 225 g/mol. The van der Waals surface area contributed by atoms with E-state index in [1.165, 1.54) is 25.7 Å². The van der Waals surface area contributed by atoms with Gasteiger partial charge in [-0.05, 0) is 57.3 Å². The number of hydrogen-bond acceptors (Lipinski definition) is 2. The van der Waals surface area contributed by atoms with Crippen molar-refractivity contribution in [2.24, 2.45) is 21.1 Å². The molecule has 3 rings (SSSR count). The predicted octanol–water partition coefficient (Wildman–Crippen LogP) is 2.71. The lowest BCUT2D eigenvalue weighted by molar-refractivity contribution is 0.561. The van der Waals surface area contributed by atoms with Gasteiger partial charge in [0.1, 0.15) is 16.1 Å². The van der Waals surface area contributed by atoms with Crippen molar-refractivity contribution in [1.82, 2.24) is 0 Å². The van der Waals surface area contributed by atoms with Gasteiger partial charge in [-0.2, -0.15) is 0 Å². The van der Waals surface area contributed by atoms with Crippen molar-refractivity contribution < 1.29 is 4.55 Å². The highest BCUT2D eigenvalue weighted by Gasteiger charge is 2.86. The second-order valence-corrected chi connectivity index (χ2v) is 8.34. The van der Waals surface area contributed by atoms with Gasteiger partial charge in [-0.1, -0.05) is 4.40 Å². The summed E-state index contributed by atoms with van der Waals surface area (Å²) in [5.74, 6) is 0.677. The number of fused-ring (bicyclic) bond motifs is 1. The van der Waals surface area contributed by atoms with Crippen LogP contribution in [0.3, 0.4) is 0 Å². The molecule has 3 saturated carbocycles. The van der Waals surface area contributed by atoms with Crippen LogP contribution in [0.25, 0.3) is 0 Å². The molecular weight excluding hydrogens is 206 g/mol. The van der Waals surface area contributed by atoms with E-state index in [9.17, 15) is 4.55 Å². The lowest BCUT2D eigenvalue weighted by Gasteiger charge is -2.17. The van der Waals surface area contributed by atoms with Crippen LogP contribution >= 0.6 is 0 Å². The molecule has 0 aromatic heterocycles. The molecule has 0 bridgehead atoms. The third kappa shape index (κ3) is 1.26. The first-order valence-corrected chi connectivity index (χ1v) is 6.99. The summed E-state index contributed by atoms with van der Waals surface area (Å²) in [5.41, 5.74) is 1.30. The molecule has 1 unspecified atom stereocenters. The zero-order chi connectivity index (χ0) is 10.9. The lowest BCUT2D eigenvalue weighted by atomic mass is 10.3. The average Bonchev–Trinajstić information content (AvgIpc) is 2.98. The van der Waals surface area contributed by atoms with Crippen molar-refractivity contribution in [3.8, 4) is 0 Å². The van der Waals surface area contributed by atoms with E-state index in [0.717, 1.165) is 0 Å². The standard InChI is InChI=1S/C12H19NOS/c1-10(2,3)15(14)13-8-9-11(4-5-11)12(9)6-7-12/h8-9H,4-7H2,1-3H3. The first-order chi connectivity index (χ1) is 6.92. The van der Waals surface area contributed by atoms with Crippen molar-refractivity contribution >= 4 is 17.6 Å². The van der Waals surface area contributed by atoms with Gasteiger partial charge in [-0.25, -0.2) is 0 Å².